The number of anilines is 2. The van der Waals surface area contributed by atoms with Crippen molar-refractivity contribution in [3.63, 3.8) is 0 Å². The molecule has 3 rings (SSSR count). The third-order valence-corrected chi connectivity index (χ3v) is 4.30. The summed E-state index contributed by atoms with van der Waals surface area (Å²) in [5.74, 6) is -0.167. The van der Waals surface area contributed by atoms with Crippen LogP contribution in [0.2, 0.25) is 10.0 Å². The molecule has 0 spiro atoms. The minimum absolute atomic E-state index is 0.167. The maximum Gasteiger partial charge on any atom is 0.252 e. The highest BCUT2D eigenvalue weighted by atomic mass is 35.5. The summed E-state index contributed by atoms with van der Waals surface area (Å²) in [6, 6.07) is 16.9. The molecule has 26 heavy (non-hydrogen) atoms. The van der Waals surface area contributed by atoms with Gasteiger partial charge < -0.3 is 10.6 Å². The van der Waals surface area contributed by atoms with Gasteiger partial charge in [0.25, 0.3) is 5.91 Å². The molecule has 2 aromatic carbocycles. The van der Waals surface area contributed by atoms with E-state index in [2.05, 4.69) is 15.6 Å². The Labute approximate surface area is 162 Å². The predicted octanol–water partition coefficient (Wildman–Crippen LogP) is 5.10. The van der Waals surface area contributed by atoms with Crippen LogP contribution in [0.4, 0.5) is 11.4 Å². The predicted molar refractivity (Wildman–Crippen MR) is 106 cm³/mol. The molecule has 1 amide bonds. The van der Waals surface area contributed by atoms with Crippen LogP contribution in [-0.4, -0.2) is 17.4 Å². The van der Waals surface area contributed by atoms with E-state index in [1.807, 2.05) is 30.3 Å². The molecule has 6 heteroatoms. The SMILES string of the molecule is O=C(NCCc1ccccc1)c1cncc(Nc2ccc(Cl)cc2Cl)c1. The number of aromatic nitrogens is 1. The number of rotatable bonds is 6. The van der Waals surface area contributed by atoms with Crippen molar-refractivity contribution >= 4 is 40.5 Å². The van der Waals surface area contributed by atoms with Gasteiger partial charge in [0, 0.05) is 17.8 Å². The minimum Gasteiger partial charge on any atom is -0.353 e. The van der Waals surface area contributed by atoms with E-state index in [0.717, 1.165) is 6.42 Å². The second-order valence-electron chi connectivity index (χ2n) is 5.70. The first kappa shape index (κ1) is 18.2. The summed E-state index contributed by atoms with van der Waals surface area (Å²) >= 11 is 12.1. The molecule has 4 nitrogen and oxygen atoms in total. The monoisotopic (exact) mass is 385 g/mol. The molecule has 3 aromatic rings. The van der Waals surface area contributed by atoms with Crippen LogP contribution in [0, 0.1) is 0 Å². The highest BCUT2D eigenvalue weighted by molar-refractivity contribution is 6.36. The molecular formula is C20H17Cl2N3O. The summed E-state index contributed by atoms with van der Waals surface area (Å²) in [7, 11) is 0. The van der Waals surface area contributed by atoms with E-state index in [9.17, 15) is 4.79 Å². The summed E-state index contributed by atoms with van der Waals surface area (Å²) in [6.45, 7) is 0.559. The summed E-state index contributed by atoms with van der Waals surface area (Å²) in [5, 5.41) is 7.11. The average molecular weight is 386 g/mol. The Hall–Kier alpha value is -2.56. The normalized spacial score (nSPS) is 10.4. The summed E-state index contributed by atoms with van der Waals surface area (Å²) in [5.41, 5.74) is 3.02. The molecule has 0 aliphatic rings. The van der Waals surface area contributed by atoms with E-state index in [4.69, 9.17) is 23.2 Å². The number of carbonyl (C=O) groups is 1. The number of nitrogens with zero attached hydrogens (tertiary/aromatic N) is 1. The van der Waals surface area contributed by atoms with Crippen LogP contribution >= 0.6 is 23.2 Å². The zero-order valence-corrected chi connectivity index (χ0v) is 15.4. The van der Waals surface area contributed by atoms with Crippen LogP contribution in [-0.2, 0) is 6.42 Å². The van der Waals surface area contributed by atoms with Gasteiger partial charge in [-0.1, -0.05) is 53.5 Å². The van der Waals surface area contributed by atoms with Gasteiger partial charge in [-0.2, -0.15) is 0 Å². The fourth-order valence-corrected chi connectivity index (χ4v) is 2.90. The Kier molecular flexibility index (Phi) is 6.10. The van der Waals surface area contributed by atoms with Crippen LogP contribution in [0.15, 0.2) is 67.0 Å². The lowest BCUT2D eigenvalue weighted by Gasteiger charge is -2.10. The summed E-state index contributed by atoms with van der Waals surface area (Å²) in [6.07, 6.45) is 3.94. The molecule has 0 aliphatic carbocycles. The molecule has 0 saturated heterocycles. The number of carbonyl (C=O) groups excluding carboxylic acids is 1. The van der Waals surface area contributed by atoms with Gasteiger partial charge in [0.15, 0.2) is 0 Å². The first-order valence-corrected chi connectivity index (χ1v) is 8.86. The maximum absolute atomic E-state index is 12.3. The topological polar surface area (TPSA) is 54.0 Å². The number of pyridine rings is 1. The Morgan fingerprint density at radius 3 is 2.58 bits per heavy atom. The van der Waals surface area contributed by atoms with E-state index < -0.39 is 0 Å². The number of amides is 1. The number of hydrogen-bond donors (Lipinski definition) is 2. The molecule has 1 heterocycles. The molecule has 0 atom stereocenters. The van der Waals surface area contributed by atoms with Crippen molar-refractivity contribution in [2.45, 2.75) is 6.42 Å². The fourth-order valence-electron chi connectivity index (χ4n) is 2.45. The maximum atomic E-state index is 12.3. The van der Waals surface area contributed by atoms with E-state index in [1.54, 1.807) is 30.5 Å². The zero-order valence-electron chi connectivity index (χ0n) is 13.9. The molecule has 0 unspecified atom stereocenters. The third kappa shape index (κ3) is 4.97. The van der Waals surface area contributed by atoms with Crippen LogP contribution in [0.5, 0.6) is 0 Å². The molecule has 0 saturated carbocycles. The Morgan fingerprint density at radius 1 is 1.00 bits per heavy atom. The lowest BCUT2D eigenvalue weighted by molar-refractivity contribution is 0.0954. The number of hydrogen-bond acceptors (Lipinski definition) is 3. The largest absolute Gasteiger partial charge is 0.353 e. The highest BCUT2D eigenvalue weighted by Gasteiger charge is 2.08. The van der Waals surface area contributed by atoms with Crippen molar-refractivity contribution < 1.29 is 4.79 Å². The van der Waals surface area contributed by atoms with Crippen LogP contribution in [0.1, 0.15) is 15.9 Å². The summed E-state index contributed by atoms with van der Waals surface area (Å²) < 4.78 is 0. The van der Waals surface area contributed by atoms with Crippen molar-refractivity contribution in [2.75, 3.05) is 11.9 Å². The molecule has 0 aliphatic heterocycles. The second kappa shape index (κ2) is 8.70. The van der Waals surface area contributed by atoms with Crippen LogP contribution in [0.3, 0.4) is 0 Å². The molecule has 132 valence electrons. The van der Waals surface area contributed by atoms with Gasteiger partial charge in [-0.25, -0.2) is 0 Å². The van der Waals surface area contributed by atoms with E-state index in [-0.39, 0.29) is 5.91 Å². The Bertz CT molecular complexity index is 901. The van der Waals surface area contributed by atoms with Gasteiger partial charge in [0.2, 0.25) is 0 Å². The number of halogens is 2. The number of benzene rings is 2. The smallest absolute Gasteiger partial charge is 0.252 e. The van der Waals surface area contributed by atoms with Gasteiger partial charge in [-0.05, 0) is 36.2 Å². The average Bonchev–Trinajstić information content (AvgIpc) is 2.65. The lowest BCUT2D eigenvalue weighted by atomic mass is 10.1. The molecular weight excluding hydrogens is 369 g/mol. The van der Waals surface area contributed by atoms with Gasteiger partial charge in [0.1, 0.15) is 0 Å². The van der Waals surface area contributed by atoms with Crippen molar-refractivity contribution in [3.05, 3.63) is 88.2 Å². The van der Waals surface area contributed by atoms with E-state index in [1.165, 1.54) is 11.8 Å². The third-order valence-electron chi connectivity index (χ3n) is 3.75. The van der Waals surface area contributed by atoms with Crippen LogP contribution in [0.25, 0.3) is 0 Å². The zero-order chi connectivity index (χ0) is 18.4. The van der Waals surface area contributed by atoms with E-state index >= 15 is 0 Å². The van der Waals surface area contributed by atoms with Gasteiger partial charge in [0.05, 0.1) is 28.2 Å². The van der Waals surface area contributed by atoms with Crippen molar-refractivity contribution in [1.82, 2.24) is 10.3 Å². The molecule has 2 N–H and O–H groups in total. The Balaban J connectivity index is 1.62. The summed E-state index contributed by atoms with van der Waals surface area (Å²) in [4.78, 5) is 16.5. The van der Waals surface area contributed by atoms with Crippen molar-refractivity contribution in [2.24, 2.45) is 0 Å². The molecule has 0 radical (unpaired) electrons. The second-order valence-corrected chi connectivity index (χ2v) is 6.55. The van der Waals surface area contributed by atoms with Crippen molar-refractivity contribution in [1.29, 1.82) is 0 Å². The molecule has 0 bridgehead atoms. The van der Waals surface area contributed by atoms with Crippen LogP contribution < -0.4 is 10.6 Å². The van der Waals surface area contributed by atoms with Gasteiger partial charge in [-0.15, -0.1) is 0 Å². The molecule has 0 fully saturated rings. The fraction of sp³-hybridized carbons (Fsp3) is 0.100. The minimum atomic E-state index is -0.167. The first-order chi connectivity index (χ1) is 12.6. The van der Waals surface area contributed by atoms with Gasteiger partial charge >= 0.3 is 0 Å². The standard InChI is InChI=1S/C20H17Cl2N3O/c21-16-6-7-19(18(22)11-16)25-17-10-15(12-23-13-17)20(26)24-9-8-14-4-2-1-3-5-14/h1-7,10-13,25H,8-9H2,(H,24,26). The van der Waals surface area contributed by atoms with Gasteiger partial charge in [-0.3, -0.25) is 9.78 Å². The quantitative estimate of drug-likeness (QED) is 0.620. The number of nitrogens with one attached hydrogen (secondary N) is 2. The van der Waals surface area contributed by atoms with Crippen molar-refractivity contribution in [3.8, 4) is 0 Å². The highest BCUT2D eigenvalue weighted by Crippen LogP contribution is 2.28. The van der Waals surface area contributed by atoms with E-state index in [0.29, 0.717) is 33.5 Å². The Morgan fingerprint density at radius 2 is 1.81 bits per heavy atom. The first-order valence-electron chi connectivity index (χ1n) is 8.11. The molecule has 1 aromatic heterocycles. The lowest BCUT2D eigenvalue weighted by Crippen LogP contribution is -2.25.